The van der Waals surface area contributed by atoms with Crippen molar-refractivity contribution in [3.8, 4) is 17.2 Å². The van der Waals surface area contributed by atoms with E-state index in [0.29, 0.717) is 31.2 Å². The molecule has 6 heteroatoms. The SMILES string of the molecule is CCCCCOc1cc(N2CCCN(Cc3ccc(CC)cc3OC)C2=O)ccc1OC. The Bertz CT molecular complexity index is 899. The van der Waals surface area contributed by atoms with Crippen LogP contribution in [-0.4, -0.2) is 44.8 Å². The molecule has 174 valence electrons. The molecule has 2 aromatic carbocycles. The summed E-state index contributed by atoms with van der Waals surface area (Å²) in [6, 6.07) is 12.0. The van der Waals surface area contributed by atoms with E-state index in [1.54, 1.807) is 14.2 Å². The topological polar surface area (TPSA) is 51.2 Å². The van der Waals surface area contributed by atoms with Gasteiger partial charge >= 0.3 is 6.03 Å². The maximum Gasteiger partial charge on any atom is 0.324 e. The van der Waals surface area contributed by atoms with Gasteiger partial charge in [-0.05, 0) is 43.0 Å². The van der Waals surface area contributed by atoms with Gasteiger partial charge < -0.3 is 19.1 Å². The monoisotopic (exact) mass is 440 g/mol. The summed E-state index contributed by atoms with van der Waals surface area (Å²) >= 11 is 0. The van der Waals surface area contributed by atoms with E-state index in [1.807, 2.05) is 28.0 Å². The summed E-state index contributed by atoms with van der Waals surface area (Å²) in [6.07, 6.45) is 5.13. The highest BCUT2D eigenvalue weighted by Gasteiger charge is 2.28. The van der Waals surface area contributed by atoms with Gasteiger partial charge in [0.1, 0.15) is 5.75 Å². The van der Waals surface area contributed by atoms with E-state index in [2.05, 4.69) is 32.0 Å². The fourth-order valence-electron chi connectivity index (χ4n) is 3.99. The Hall–Kier alpha value is -2.89. The summed E-state index contributed by atoms with van der Waals surface area (Å²) in [7, 11) is 3.32. The van der Waals surface area contributed by atoms with Crippen molar-refractivity contribution in [1.29, 1.82) is 0 Å². The van der Waals surface area contributed by atoms with Crippen molar-refractivity contribution in [1.82, 2.24) is 4.90 Å². The van der Waals surface area contributed by atoms with Crippen molar-refractivity contribution >= 4 is 11.7 Å². The predicted octanol–water partition coefficient (Wildman–Crippen LogP) is 5.67. The number of benzene rings is 2. The van der Waals surface area contributed by atoms with Crippen molar-refractivity contribution < 1.29 is 19.0 Å². The van der Waals surface area contributed by atoms with Gasteiger partial charge in [0.15, 0.2) is 11.5 Å². The number of hydrogen-bond donors (Lipinski definition) is 0. The summed E-state index contributed by atoms with van der Waals surface area (Å²) in [5.41, 5.74) is 3.08. The number of methoxy groups -OCH3 is 2. The number of carbonyl (C=O) groups excluding carboxylic acids is 1. The molecule has 2 aromatic rings. The van der Waals surface area contributed by atoms with Crippen LogP contribution < -0.4 is 19.1 Å². The zero-order chi connectivity index (χ0) is 22.9. The van der Waals surface area contributed by atoms with Crippen LogP contribution in [0.3, 0.4) is 0 Å². The molecule has 0 atom stereocenters. The molecule has 0 N–H and O–H groups in total. The standard InChI is InChI=1S/C26H36N2O4/c1-5-7-8-16-32-25-18-22(12-13-23(25)30-3)28-15-9-14-27(26(28)29)19-21-11-10-20(6-2)17-24(21)31-4/h10-13,17-18H,5-9,14-16,19H2,1-4H3. The summed E-state index contributed by atoms with van der Waals surface area (Å²) in [5, 5.41) is 0. The zero-order valence-corrected chi connectivity index (χ0v) is 19.9. The van der Waals surface area contributed by atoms with Gasteiger partial charge in [-0.25, -0.2) is 4.79 Å². The van der Waals surface area contributed by atoms with Gasteiger partial charge in [0, 0.05) is 30.4 Å². The molecule has 2 amide bonds. The highest BCUT2D eigenvalue weighted by Crippen LogP contribution is 2.34. The summed E-state index contributed by atoms with van der Waals surface area (Å²) in [5.74, 6) is 2.21. The average molecular weight is 441 g/mol. The highest BCUT2D eigenvalue weighted by atomic mass is 16.5. The molecule has 0 bridgehead atoms. The number of unbranched alkanes of at least 4 members (excludes halogenated alkanes) is 2. The van der Waals surface area contributed by atoms with E-state index in [1.165, 1.54) is 5.56 Å². The second kappa shape index (κ2) is 11.7. The quantitative estimate of drug-likeness (QED) is 0.423. The Labute approximate surface area is 192 Å². The molecule has 1 aliphatic rings. The lowest BCUT2D eigenvalue weighted by Gasteiger charge is -2.36. The molecule has 1 saturated heterocycles. The Morgan fingerprint density at radius 1 is 0.906 bits per heavy atom. The molecule has 1 heterocycles. The minimum atomic E-state index is -0.0000269. The molecule has 0 unspecified atom stereocenters. The number of amides is 2. The highest BCUT2D eigenvalue weighted by molar-refractivity contribution is 5.93. The van der Waals surface area contributed by atoms with Gasteiger partial charge in [0.05, 0.1) is 27.4 Å². The van der Waals surface area contributed by atoms with Crippen LogP contribution in [0.5, 0.6) is 17.2 Å². The third-order valence-corrected chi connectivity index (χ3v) is 5.90. The van der Waals surface area contributed by atoms with E-state index in [-0.39, 0.29) is 6.03 Å². The zero-order valence-electron chi connectivity index (χ0n) is 19.9. The number of aryl methyl sites for hydroxylation is 1. The molecular weight excluding hydrogens is 404 g/mol. The lowest BCUT2D eigenvalue weighted by Crippen LogP contribution is -2.49. The van der Waals surface area contributed by atoms with Crippen LogP contribution in [0.25, 0.3) is 0 Å². The van der Waals surface area contributed by atoms with Crippen molar-refractivity contribution in [3.05, 3.63) is 47.5 Å². The largest absolute Gasteiger partial charge is 0.496 e. The number of hydrogen-bond acceptors (Lipinski definition) is 4. The molecule has 3 rings (SSSR count). The molecule has 6 nitrogen and oxygen atoms in total. The van der Waals surface area contributed by atoms with Crippen molar-refractivity contribution in [2.45, 2.75) is 52.5 Å². The van der Waals surface area contributed by atoms with Crippen molar-refractivity contribution in [2.75, 3.05) is 38.8 Å². The first-order chi connectivity index (χ1) is 15.6. The molecule has 1 aliphatic heterocycles. The fraction of sp³-hybridized carbons (Fsp3) is 0.500. The molecule has 0 aromatic heterocycles. The first-order valence-electron chi connectivity index (χ1n) is 11.6. The van der Waals surface area contributed by atoms with Crippen LogP contribution in [-0.2, 0) is 13.0 Å². The van der Waals surface area contributed by atoms with Crippen LogP contribution in [0, 0.1) is 0 Å². The molecule has 1 fully saturated rings. The first kappa shape index (κ1) is 23.8. The third kappa shape index (κ3) is 5.67. The molecule has 0 spiro atoms. The van der Waals surface area contributed by atoms with Crippen LogP contribution in [0.15, 0.2) is 36.4 Å². The minimum Gasteiger partial charge on any atom is -0.496 e. The van der Waals surface area contributed by atoms with Gasteiger partial charge in [-0.3, -0.25) is 4.90 Å². The number of nitrogens with zero attached hydrogens (tertiary/aromatic N) is 2. The van der Waals surface area contributed by atoms with E-state index < -0.39 is 0 Å². The number of urea groups is 1. The average Bonchev–Trinajstić information content (AvgIpc) is 2.83. The smallest absolute Gasteiger partial charge is 0.324 e. The second-order valence-electron chi connectivity index (χ2n) is 8.10. The molecule has 0 radical (unpaired) electrons. The first-order valence-corrected chi connectivity index (χ1v) is 11.6. The Morgan fingerprint density at radius 2 is 1.72 bits per heavy atom. The third-order valence-electron chi connectivity index (χ3n) is 5.90. The Morgan fingerprint density at radius 3 is 2.44 bits per heavy atom. The number of ether oxygens (including phenoxy) is 3. The van der Waals surface area contributed by atoms with Crippen LogP contribution in [0.1, 0.15) is 50.7 Å². The second-order valence-corrected chi connectivity index (χ2v) is 8.10. The number of carbonyl (C=O) groups is 1. The predicted molar refractivity (Wildman–Crippen MR) is 128 cm³/mol. The normalized spacial score (nSPS) is 13.9. The Kier molecular flexibility index (Phi) is 8.65. The van der Waals surface area contributed by atoms with E-state index in [9.17, 15) is 4.79 Å². The van der Waals surface area contributed by atoms with Crippen LogP contribution >= 0.6 is 0 Å². The number of rotatable bonds is 11. The van der Waals surface area contributed by atoms with E-state index in [4.69, 9.17) is 14.2 Å². The van der Waals surface area contributed by atoms with E-state index in [0.717, 1.165) is 55.6 Å². The lowest BCUT2D eigenvalue weighted by atomic mass is 10.1. The molecule has 32 heavy (non-hydrogen) atoms. The molecular formula is C26H36N2O4. The summed E-state index contributed by atoms with van der Waals surface area (Å²) in [6.45, 7) is 6.87. The van der Waals surface area contributed by atoms with Crippen LogP contribution in [0.2, 0.25) is 0 Å². The van der Waals surface area contributed by atoms with Gasteiger partial charge in [0.25, 0.3) is 0 Å². The lowest BCUT2D eigenvalue weighted by molar-refractivity contribution is 0.191. The van der Waals surface area contributed by atoms with Gasteiger partial charge in [-0.2, -0.15) is 0 Å². The van der Waals surface area contributed by atoms with Gasteiger partial charge in [-0.1, -0.05) is 38.8 Å². The summed E-state index contributed by atoms with van der Waals surface area (Å²) in [4.78, 5) is 17.1. The van der Waals surface area contributed by atoms with Crippen molar-refractivity contribution in [2.24, 2.45) is 0 Å². The maximum atomic E-state index is 13.4. The van der Waals surface area contributed by atoms with Crippen LogP contribution in [0.4, 0.5) is 10.5 Å². The van der Waals surface area contributed by atoms with Gasteiger partial charge in [-0.15, -0.1) is 0 Å². The Balaban J connectivity index is 1.76. The minimum absolute atomic E-state index is 0.0000269. The summed E-state index contributed by atoms with van der Waals surface area (Å²) < 4.78 is 17.0. The fourth-order valence-corrected chi connectivity index (χ4v) is 3.99. The maximum absolute atomic E-state index is 13.4. The van der Waals surface area contributed by atoms with E-state index >= 15 is 0 Å². The van der Waals surface area contributed by atoms with Crippen molar-refractivity contribution in [3.63, 3.8) is 0 Å². The molecule has 0 aliphatic carbocycles. The number of anilines is 1. The molecule has 0 saturated carbocycles. The van der Waals surface area contributed by atoms with Gasteiger partial charge in [0.2, 0.25) is 0 Å².